The summed E-state index contributed by atoms with van der Waals surface area (Å²) in [5.41, 5.74) is 6.34. The molecule has 0 bridgehead atoms. The van der Waals surface area contributed by atoms with E-state index >= 15 is 0 Å². The summed E-state index contributed by atoms with van der Waals surface area (Å²) < 4.78 is 2.13. The number of carbonyl (C=O) groups is 1. The first-order chi connectivity index (χ1) is 14.3. The van der Waals surface area contributed by atoms with Crippen molar-refractivity contribution in [2.24, 2.45) is 0 Å². The first-order valence-electron chi connectivity index (χ1n) is 9.77. The molecular formula is C23H24N4O2S. The number of nitrogens with zero attached hydrogens (tertiary/aromatic N) is 3. The van der Waals surface area contributed by atoms with Gasteiger partial charge in [-0.1, -0.05) is 12.1 Å². The molecule has 1 aliphatic heterocycles. The van der Waals surface area contributed by atoms with Gasteiger partial charge in [0.1, 0.15) is 0 Å². The van der Waals surface area contributed by atoms with Crippen molar-refractivity contribution in [2.75, 3.05) is 7.05 Å². The quantitative estimate of drug-likeness (QED) is 0.620. The van der Waals surface area contributed by atoms with Crippen molar-refractivity contribution >= 4 is 23.3 Å². The Labute approximate surface area is 181 Å². The van der Waals surface area contributed by atoms with Crippen LogP contribution in [-0.2, 0) is 0 Å². The van der Waals surface area contributed by atoms with E-state index in [0.717, 1.165) is 33.9 Å². The molecule has 1 aliphatic rings. The fourth-order valence-electron chi connectivity index (χ4n) is 4.29. The summed E-state index contributed by atoms with van der Waals surface area (Å²) in [4.78, 5) is 18.1. The Kier molecular flexibility index (Phi) is 5.07. The van der Waals surface area contributed by atoms with Crippen LogP contribution >= 0.6 is 12.2 Å². The highest BCUT2D eigenvalue weighted by atomic mass is 32.1. The van der Waals surface area contributed by atoms with Crippen LogP contribution in [0.1, 0.15) is 50.7 Å². The highest BCUT2D eigenvalue weighted by Gasteiger charge is 2.39. The Morgan fingerprint density at radius 1 is 1.17 bits per heavy atom. The minimum absolute atomic E-state index is 0.0182. The average molecular weight is 421 g/mol. The number of thiocarbonyl (C=S) groups is 1. The molecule has 2 aromatic heterocycles. The molecule has 3 aromatic rings. The van der Waals surface area contributed by atoms with E-state index in [2.05, 4.69) is 32.8 Å². The molecule has 2 atom stereocenters. The fourth-order valence-corrected chi connectivity index (χ4v) is 4.53. The van der Waals surface area contributed by atoms with Crippen molar-refractivity contribution in [2.45, 2.75) is 32.9 Å². The van der Waals surface area contributed by atoms with Crippen molar-refractivity contribution in [1.29, 1.82) is 0 Å². The standard InChI is InChI=1S/C23H24N4O2S/c1-13-8-9-16(22(28)29)12-19(13)27-14(2)11-17(15(27)3)21-20(25-23(30)26(21)4)18-7-5-6-10-24-18/h5-12,20-21H,1-4H3,(H,25,30)(H,28,29)/t20-,21+/m0/s1. The van der Waals surface area contributed by atoms with Gasteiger partial charge in [0.15, 0.2) is 5.11 Å². The third kappa shape index (κ3) is 3.25. The number of rotatable bonds is 4. The molecule has 0 saturated carbocycles. The smallest absolute Gasteiger partial charge is 0.335 e. The highest BCUT2D eigenvalue weighted by Crippen LogP contribution is 2.40. The maximum Gasteiger partial charge on any atom is 0.335 e. The molecule has 4 rings (SSSR count). The fraction of sp³-hybridized carbons (Fsp3) is 0.261. The topological polar surface area (TPSA) is 70.4 Å². The molecule has 7 heteroatoms. The number of carboxylic acid groups (broad SMARTS) is 1. The van der Waals surface area contributed by atoms with Crippen LogP contribution in [0.25, 0.3) is 5.69 Å². The zero-order valence-electron chi connectivity index (χ0n) is 17.4. The number of carboxylic acids is 1. The van der Waals surface area contributed by atoms with E-state index in [9.17, 15) is 9.90 Å². The van der Waals surface area contributed by atoms with E-state index in [1.165, 1.54) is 0 Å². The van der Waals surface area contributed by atoms with Crippen molar-refractivity contribution in [3.8, 4) is 5.69 Å². The van der Waals surface area contributed by atoms with Crippen LogP contribution in [0.5, 0.6) is 0 Å². The van der Waals surface area contributed by atoms with E-state index < -0.39 is 5.97 Å². The monoisotopic (exact) mass is 420 g/mol. The molecule has 0 amide bonds. The third-order valence-corrected chi connectivity index (χ3v) is 6.23. The molecule has 3 heterocycles. The molecule has 30 heavy (non-hydrogen) atoms. The first kappa shape index (κ1) is 20.1. The van der Waals surface area contributed by atoms with Crippen LogP contribution in [0.4, 0.5) is 0 Å². The van der Waals surface area contributed by atoms with Crippen LogP contribution in [0.2, 0.25) is 0 Å². The number of nitrogens with one attached hydrogen (secondary N) is 1. The molecule has 1 fully saturated rings. The minimum Gasteiger partial charge on any atom is -0.478 e. The lowest BCUT2D eigenvalue weighted by Crippen LogP contribution is -2.25. The van der Waals surface area contributed by atoms with Crippen molar-refractivity contribution in [1.82, 2.24) is 19.8 Å². The SMILES string of the molecule is Cc1ccc(C(=O)O)cc1-n1c(C)cc([C@@H]2[C@H](c3ccccn3)NC(=S)N2C)c1C. The summed E-state index contributed by atoms with van der Waals surface area (Å²) in [5, 5.41) is 13.5. The molecule has 0 radical (unpaired) electrons. The summed E-state index contributed by atoms with van der Waals surface area (Å²) in [5.74, 6) is -0.931. The number of aromatic nitrogens is 2. The maximum absolute atomic E-state index is 11.5. The van der Waals surface area contributed by atoms with Gasteiger partial charge in [-0.15, -0.1) is 0 Å². The Bertz CT molecular complexity index is 1140. The Morgan fingerprint density at radius 2 is 1.93 bits per heavy atom. The largest absolute Gasteiger partial charge is 0.478 e. The number of benzene rings is 1. The highest BCUT2D eigenvalue weighted by molar-refractivity contribution is 7.80. The van der Waals surface area contributed by atoms with E-state index in [0.29, 0.717) is 5.11 Å². The Morgan fingerprint density at radius 3 is 2.60 bits per heavy atom. The van der Waals surface area contributed by atoms with Gasteiger partial charge in [0.25, 0.3) is 0 Å². The van der Waals surface area contributed by atoms with Gasteiger partial charge in [-0.05, 0) is 74.4 Å². The number of hydrogen-bond donors (Lipinski definition) is 2. The van der Waals surface area contributed by atoms with Crippen LogP contribution in [0.3, 0.4) is 0 Å². The van der Waals surface area contributed by atoms with E-state index in [-0.39, 0.29) is 17.6 Å². The molecule has 154 valence electrons. The van der Waals surface area contributed by atoms with Gasteiger partial charge in [0.2, 0.25) is 0 Å². The second kappa shape index (κ2) is 7.57. The Balaban J connectivity index is 1.85. The van der Waals surface area contributed by atoms with E-state index in [4.69, 9.17) is 12.2 Å². The van der Waals surface area contributed by atoms with Crippen molar-refractivity contribution in [3.05, 3.63) is 82.4 Å². The lowest BCUT2D eigenvalue weighted by molar-refractivity contribution is 0.0697. The number of hydrogen-bond acceptors (Lipinski definition) is 3. The minimum atomic E-state index is -0.931. The summed E-state index contributed by atoms with van der Waals surface area (Å²) in [6, 6.07) is 13.2. The van der Waals surface area contributed by atoms with Gasteiger partial charge in [0.05, 0.1) is 23.3 Å². The lowest BCUT2D eigenvalue weighted by atomic mass is 9.97. The molecule has 1 saturated heterocycles. The average Bonchev–Trinajstić information content (AvgIpc) is 3.18. The molecule has 0 spiro atoms. The lowest BCUT2D eigenvalue weighted by Gasteiger charge is -2.24. The summed E-state index contributed by atoms with van der Waals surface area (Å²) in [6.45, 7) is 6.11. The van der Waals surface area contributed by atoms with E-state index in [1.54, 1.807) is 18.3 Å². The third-order valence-electron chi connectivity index (χ3n) is 5.82. The second-order valence-corrected chi connectivity index (χ2v) is 8.09. The van der Waals surface area contributed by atoms with Gasteiger partial charge in [0, 0.05) is 30.3 Å². The Hall–Kier alpha value is -3.19. The molecule has 0 unspecified atom stereocenters. The van der Waals surface area contributed by atoms with Crippen LogP contribution in [-0.4, -0.2) is 37.7 Å². The molecular weight excluding hydrogens is 396 g/mol. The predicted octanol–water partition coefficient (Wildman–Crippen LogP) is 4.10. The number of likely N-dealkylation sites (N-methyl/N-ethyl adjacent to an activating group) is 1. The van der Waals surface area contributed by atoms with Gasteiger partial charge in [-0.2, -0.15) is 0 Å². The van der Waals surface area contributed by atoms with Crippen LogP contribution in [0, 0.1) is 20.8 Å². The van der Waals surface area contributed by atoms with Crippen molar-refractivity contribution in [3.63, 3.8) is 0 Å². The maximum atomic E-state index is 11.5. The molecule has 6 nitrogen and oxygen atoms in total. The van der Waals surface area contributed by atoms with E-state index in [1.807, 2.05) is 45.2 Å². The predicted molar refractivity (Wildman–Crippen MR) is 120 cm³/mol. The van der Waals surface area contributed by atoms with Crippen LogP contribution < -0.4 is 5.32 Å². The first-order valence-corrected chi connectivity index (χ1v) is 10.2. The van der Waals surface area contributed by atoms with Gasteiger partial charge in [-0.3, -0.25) is 4.98 Å². The summed E-state index contributed by atoms with van der Waals surface area (Å²) in [6.07, 6.45) is 1.79. The zero-order valence-corrected chi connectivity index (χ0v) is 18.2. The normalized spacial score (nSPS) is 18.5. The number of pyridine rings is 1. The molecule has 0 aliphatic carbocycles. The molecule has 1 aromatic carbocycles. The summed E-state index contributed by atoms with van der Waals surface area (Å²) in [7, 11) is 1.99. The zero-order chi connectivity index (χ0) is 21.6. The second-order valence-electron chi connectivity index (χ2n) is 7.71. The van der Waals surface area contributed by atoms with Gasteiger partial charge in [-0.25, -0.2) is 4.79 Å². The molecule has 2 N–H and O–H groups in total. The number of aryl methyl sites for hydroxylation is 2. The van der Waals surface area contributed by atoms with Gasteiger partial charge < -0.3 is 19.9 Å². The summed E-state index contributed by atoms with van der Waals surface area (Å²) >= 11 is 5.55. The van der Waals surface area contributed by atoms with Crippen LogP contribution in [0.15, 0.2) is 48.7 Å². The number of aromatic carboxylic acids is 1. The van der Waals surface area contributed by atoms with Gasteiger partial charge >= 0.3 is 5.97 Å². The van der Waals surface area contributed by atoms with Crippen molar-refractivity contribution < 1.29 is 9.90 Å².